The normalized spacial score (nSPS) is 18.7. The van der Waals surface area contributed by atoms with Gasteiger partial charge in [0, 0.05) is 30.5 Å². The molecule has 0 aliphatic carbocycles. The van der Waals surface area contributed by atoms with Gasteiger partial charge in [-0.05, 0) is 36.5 Å². The zero-order chi connectivity index (χ0) is 11.6. The van der Waals surface area contributed by atoms with E-state index in [1.807, 2.05) is 6.20 Å². The Morgan fingerprint density at radius 2 is 1.94 bits per heavy atom. The molecule has 1 aromatic heterocycles. The van der Waals surface area contributed by atoms with Crippen molar-refractivity contribution in [1.82, 2.24) is 4.98 Å². The first kappa shape index (κ1) is 11.6. The Hall–Kier alpha value is -0.890. The van der Waals surface area contributed by atoms with Crippen molar-refractivity contribution in [1.29, 1.82) is 0 Å². The highest BCUT2D eigenvalue weighted by atomic mass is 16.5. The molecule has 0 amide bonds. The molecule has 16 heavy (non-hydrogen) atoms. The summed E-state index contributed by atoms with van der Waals surface area (Å²) >= 11 is 0. The van der Waals surface area contributed by atoms with Gasteiger partial charge in [-0.3, -0.25) is 4.98 Å². The molecule has 0 spiro atoms. The highest BCUT2D eigenvalue weighted by molar-refractivity contribution is 5.24. The van der Waals surface area contributed by atoms with Crippen LogP contribution in [0.2, 0.25) is 0 Å². The summed E-state index contributed by atoms with van der Waals surface area (Å²) < 4.78 is 5.40. The number of pyridine rings is 1. The summed E-state index contributed by atoms with van der Waals surface area (Å²) in [6, 6.07) is 4.43. The maximum atomic E-state index is 5.40. The molecule has 0 unspecified atom stereocenters. The number of hydrogen-bond acceptors (Lipinski definition) is 2. The molecule has 1 saturated heterocycles. The minimum atomic E-state index is 0.140. The van der Waals surface area contributed by atoms with Crippen molar-refractivity contribution in [2.75, 3.05) is 13.2 Å². The number of ether oxygens (including phenoxy) is 1. The van der Waals surface area contributed by atoms with Crippen LogP contribution in [0.4, 0.5) is 0 Å². The summed E-state index contributed by atoms with van der Waals surface area (Å²) in [7, 11) is 0. The molecule has 0 N–H and O–H groups in total. The number of nitrogens with zero attached hydrogens (tertiary/aromatic N) is 1. The second kappa shape index (κ2) is 4.54. The Bertz CT molecular complexity index is 348. The van der Waals surface area contributed by atoms with E-state index in [-0.39, 0.29) is 5.41 Å². The fourth-order valence-corrected chi connectivity index (χ4v) is 2.14. The first-order valence-electron chi connectivity index (χ1n) is 6.11. The monoisotopic (exact) mass is 219 g/mol. The second-order valence-electron chi connectivity index (χ2n) is 5.61. The van der Waals surface area contributed by atoms with E-state index < -0.39 is 0 Å². The van der Waals surface area contributed by atoms with E-state index in [4.69, 9.17) is 4.74 Å². The van der Waals surface area contributed by atoms with Crippen LogP contribution in [-0.4, -0.2) is 18.2 Å². The molecule has 0 radical (unpaired) electrons. The summed E-state index contributed by atoms with van der Waals surface area (Å²) in [5, 5.41) is 0. The fraction of sp³-hybridized carbons (Fsp3) is 0.643. The minimum Gasteiger partial charge on any atom is -0.381 e. The van der Waals surface area contributed by atoms with Crippen LogP contribution in [0.3, 0.4) is 0 Å². The van der Waals surface area contributed by atoms with E-state index >= 15 is 0 Å². The predicted octanol–water partition coefficient (Wildman–Crippen LogP) is 3.27. The molecule has 2 heteroatoms. The van der Waals surface area contributed by atoms with Gasteiger partial charge in [0.05, 0.1) is 0 Å². The minimum absolute atomic E-state index is 0.140. The summed E-state index contributed by atoms with van der Waals surface area (Å²) in [5.74, 6) is 0.665. The van der Waals surface area contributed by atoms with Crippen molar-refractivity contribution >= 4 is 0 Å². The van der Waals surface area contributed by atoms with Crippen molar-refractivity contribution in [3.05, 3.63) is 29.6 Å². The number of aromatic nitrogens is 1. The van der Waals surface area contributed by atoms with Crippen LogP contribution in [-0.2, 0) is 10.2 Å². The molecule has 0 saturated carbocycles. The summed E-state index contributed by atoms with van der Waals surface area (Å²) in [4.78, 5) is 4.47. The lowest BCUT2D eigenvalue weighted by atomic mass is 9.86. The molecular formula is C14H21NO. The third-order valence-electron chi connectivity index (χ3n) is 3.25. The van der Waals surface area contributed by atoms with Gasteiger partial charge in [0.15, 0.2) is 0 Å². The number of hydrogen-bond donors (Lipinski definition) is 0. The molecule has 0 aromatic carbocycles. The molecule has 1 aromatic rings. The van der Waals surface area contributed by atoms with Crippen LogP contribution in [0.1, 0.15) is 50.8 Å². The van der Waals surface area contributed by atoms with Gasteiger partial charge in [-0.25, -0.2) is 0 Å². The van der Waals surface area contributed by atoms with Gasteiger partial charge in [0.1, 0.15) is 0 Å². The zero-order valence-corrected chi connectivity index (χ0v) is 10.5. The van der Waals surface area contributed by atoms with Crippen molar-refractivity contribution in [2.24, 2.45) is 0 Å². The molecule has 2 rings (SSSR count). The van der Waals surface area contributed by atoms with E-state index in [0.29, 0.717) is 5.92 Å². The summed E-state index contributed by atoms with van der Waals surface area (Å²) in [5.41, 5.74) is 2.76. The molecule has 88 valence electrons. The Kier molecular flexibility index (Phi) is 3.29. The van der Waals surface area contributed by atoms with E-state index in [0.717, 1.165) is 26.1 Å². The maximum Gasteiger partial charge on any atom is 0.0471 e. The standard InChI is InChI=1S/C14H21NO/c1-14(2,3)13-10-12(4-7-15-13)11-5-8-16-9-6-11/h4,7,10-11H,5-6,8-9H2,1-3H3. The maximum absolute atomic E-state index is 5.40. The molecule has 0 atom stereocenters. The van der Waals surface area contributed by atoms with Gasteiger partial charge in [-0.1, -0.05) is 20.8 Å². The van der Waals surface area contributed by atoms with E-state index in [1.165, 1.54) is 11.3 Å². The van der Waals surface area contributed by atoms with Crippen LogP contribution in [0.5, 0.6) is 0 Å². The molecule has 2 nitrogen and oxygen atoms in total. The Morgan fingerprint density at radius 1 is 1.25 bits per heavy atom. The molecule has 1 fully saturated rings. The van der Waals surface area contributed by atoms with E-state index in [9.17, 15) is 0 Å². The van der Waals surface area contributed by atoms with Gasteiger partial charge in [-0.2, -0.15) is 0 Å². The lowest BCUT2D eigenvalue weighted by Gasteiger charge is -2.24. The highest BCUT2D eigenvalue weighted by Gasteiger charge is 2.20. The SMILES string of the molecule is CC(C)(C)c1cc(C2CCOCC2)ccn1. The molecule has 1 aliphatic rings. The molecule has 2 heterocycles. The number of rotatable bonds is 1. The largest absolute Gasteiger partial charge is 0.381 e. The summed E-state index contributed by atoms with van der Waals surface area (Å²) in [6.45, 7) is 8.44. The quantitative estimate of drug-likeness (QED) is 0.723. The van der Waals surface area contributed by atoms with Crippen molar-refractivity contribution in [3.63, 3.8) is 0 Å². The second-order valence-corrected chi connectivity index (χ2v) is 5.61. The Morgan fingerprint density at radius 3 is 2.56 bits per heavy atom. The lowest BCUT2D eigenvalue weighted by Crippen LogP contribution is -2.17. The first-order chi connectivity index (χ1) is 7.57. The van der Waals surface area contributed by atoms with Gasteiger partial charge in [0.2, 0.25) is 0 Å². The summed E-state index contributed by atoms with van der Waals surface area (Å²) in [6.07, 6.45) is 4.24. The van der Waals surface area contributed by atoms with Crippen LogP contribution in [0.15, 0.2) is 18.3 Å². The molecule has 0 bridgehead atoms. The topological polar surface area (TPSA) is 22.1 Å². The Balaban J connectivity index is 2.21. The first-order valence-corrected chi connectivity index (χ1v) is 6.11. The third kappa shape index (κ3) is 2.62. The predicted molar refractivity (Wildman–Crippen MR) is 65.7 cm³/mol. The fourth-order valence-electron chi connectivity index (χ4n) is 2.14. The molecule has 1 aliphatic heterocycles. The highest BCUT2D eigenvalue weighted by Crippen LogP contribution is 2.29. The van der Waals surface area contributed by atoms with Gasteiger partial charge < -0.3 is 4.74 Å². The van der Waals surface area contributed by atoms with E-state index in [1.54, 1.807) is 0 Å². The lowest BCUT2D eigenvalue weighted by molar-refractivity contribution is 0.0853. The van der Waals surface area contributed by atoms with Crippen molar-refractivity contribution < 1.29 is 4.74 Å². The van der Waals surface area contributed by atoms with Crippen molar-refractivity contribution in [2.45, 2.75) is 44.9 Å². The zero-order valence-electron chi connectivity index (χ0n) is 10.5. The van der Waals surface area contributed by atoms with Gasteiger partial charge in [0.25, 0.3) is 0 Å². The van der Waals surface area contributed by atoms with Crippen LogP contribution < -0.4 is 0 Å². The van der Waals surface area contributed by atoms with Crippen LogP contribution in [0, 0.1) is 0 Å². The van der Waals surface area contributed by atoms with Crippen LogP contribution in [0.25, 0.3) is 0 Å². The Labute approximate surface area is 98.0 Å². The third-order valence-corrected chi connectivity index (χ3v) is 3.25. The van der Waals surface area contributed by atoms with Gasteiger partial charge >= 0.3 is 0 Å². The smallest absolute Gasteiger partial charge is 0.0471 e. The molecular weight excluding hydrogens is 198 g/mol. The average molecular weight is 219 g/mol. The average Bonchev–Trinajstić information content (AvgIpc) is 2.29. The van der Waals surface area contributed by atoms with E-state index in [2.05, 4.69) is 37.9 Å². The van der Waals surface area contributed by atoms with Gasteiger partial charge in [-0.15, -0.1) is 0 Å². The van der Waals surface area contributed by atoms with Crippen molar-refractivity contribution in [3.8, 4) is 0 Å². The van der Waals surface area contributed by atoms with Crippen LogP contribution >= 0.6 is 0 Å².